The molecule has 8 heteroatoms. The Kier molecular flexibility index (Phi) is 4.04. The summed E-state index contributed by atoms with van der Waals surface area (Å²) in [5.74, 6) is -0.455. The maximum absolute atomic E-state index is 12.0. The first-order valence-electron chi connectivity index (χ1n) is 6.32. The summed E-state index contributed by atoms with van der Waals surface area (Å²) in [6, 6.07) is 8.41. The predicted octanol–water partition coefficient (Wildman–Crippen LogP) is 2.58. The summed E-state index contributed by atoms with van der Waals surface area (Å²) in [5, 5.41) is 4.62. The average molecular weight is 380 g/mol. The highest BCUT2D eigenvalue weighted by Gasteiger charge is 2.13. The summed E-state index contributed by atoms with van der Waals surface area (Å²) in [6.45, 7) is 1.74. The van der Waals surface area contributed by atoms with Gasteiger partial charge in [-0.2, -0.15) is 9.61 Å². The molecule has 0 fully saturated rings. The molecule has 0 spiro atoms. The van der Waals surface area contributed by atoms with E-state index in [1.807, 2.05) is 6.07 Å². The number of carbonyl (C=O) groups excluding carboxylic acids is 1. The van der Waals surface area contributed by atoms with Gasteiger partial charge in [-0.15, -0.1) is 0 Å². The second kappa shape index (κ2) is 5.98. The fraction of sp³-hybridized carbons (Fsp3) is 0.143. The van der Waals surface area contributed by atoms with Crippen molar-refractivity contribution in [1.29, 1.82) is 0 Å². The van der Waals surface area contributed by atoms with E-state index in [-0.39, 0.29) is 12.2 Å². The minimum atomic E-state index is -0.455. The van der Waals surface area contributed by atoms with Crippen LogP contribution in [0.5, 0.6) is 0 Å². The third-order valence-corrected chi connectivity index (χ3v) is 4.41. The molecule has 2 heterocycles. The molecular formula is C14H10BrN3O3S. The topological polar surface area (TPSA) is 73.6 Å². The number of fused-ring (bicyclic) bond motifs is 1. The number of hydrogen-bond donors (Lipinski definition) is 0. The lowest BCUT2D eigenvalue weighted by atomic mass is 10.2. The standard InChI is InChI=1S/C14H10BrN3O3S/c1-8-6-12(19)18-14(16-8)22-11(17-18)7-21-13(20)9-4-2-3-5-10(9)15/h2-6H,7H2,1H3. The number of rotatable bonds is 3. The number of hydrogen-bond acceptors (Lipinski definition) is 6. The van der Waals surface area contributed by atoms with Gasteiger partial charge in [-0.3, -0.25) is 4.79 Å². The van der Waals surface area contributed by atoms with Gasteiger partial charge in [0.1, 0.15) is 6.61 Å². The smallest absolute Gasteiger partial charge is 0.339 e. The fourth-order valence-corrected chi connectivity index (χ4v) is 3.15. The summed E-state index contributed by atoms with van der Waals surface area (Å²) in [7, 11) is 0. The molecule has 3 aromatic rings. The Hall–Kier alpha value is -2.06. The number of nitrogens with zero attached hydrogens (tertiary/aromatic N) is 3. The van der Waals surface area contributed by atoms with Crippen LogP contribution in [0.15, 0.2) is 39.6 Å². The number of aryl methyl sites for hydroxylation is 1. The van der Waals surface area contributed by atoms with Crippen LogP contribution in [0.1, 0.15) is 21.1 Å². The van der Waals surface area contributed by atoms with E-state index in [1.54, 1.807) is 25.1 Å². The molecule has 0 aliphatic carbocycles. The van der Waals surface area contributed by atoms with E-state index in [1.165, 1.54) is 21.9 Å². The molecule has 1 aromatic carbocycles. The summed E-state index contributed by atoms with van der Waals surface area (Å²) >= 11 is 4.52. The van der Waals surface area contributed by atoms with Crippen molar-refractivity contribution in [2.75, 3.05) is 0 Å². The highest BCUT2D eigenvalue weighted by Crippen LogP contribution is 2.18. The summed E-state index contributed by atoms with van der Waals surface area (Å²) in [4.78, 5) is 28.5. The minimum absolute atomic E-state index is 0.00726. The van der Waals surface area contributed by atoms with Crippen LogP contribution in [0.2, 0.25) is 0 Å². The predicted molar refractivity (Wildman–Crippen MR) is 85.1 cm³/mol. The van der Waals surface area contributed by atoms with Gasteiger partial charge in [0, 0.05) is 16.2 Å². The van der Waals surface area contributed by atoms with Gasteiger partial charge in [0.15, 0.2) is 5.01 Å². The van der Waals surface area contributed by atoms with Gasteiger partial charge >= 0.3 is 5.97 Å². The van der Waals surface area contributed by atoms with Crippen LogP contribution in [0.25, 0.3) is 4.96 Å². The lowest BCUT2D eigenvalue weighted by molar-refractivity contribution is 0.0470. The zero-order valence-electron chi connectivity index (χ0n) is 11.4. The number of carbonyl (C=O) groups is 1. The molecule has 112 valence electrons. The average Bonchev–Trinajstić information content (AvgIpc) is 2.88. The van der Waals surface area contributed by atoms with E-state index in [9.17, 15) is 9.59 Å². The van der Waals surface area contributed by atoms with Gasteiger partial charge in [0.2, 0.25) is 4.96 Å². The quantitative estimate of drug-likeness (QED) is 0.653. The first kappa shape index (κ1) is 14.9. The van der Waals surface area contributed by atoms with Crippen molar-refractivity contribution in [1.82, 2.24) is 14.6 Å². The maximum Gasteiger partial charge on any atom is 0.339 e. The number of benzene rings is 1. The van der Waals surface area contributed by atoms with Crippen molar-refractivity contribution < 1.29 is 9.53 Å². The third-order valence-electron chi connectivity index (χ3n) is 2.84. The third kappa shape index (κ3) is 2.93. The molecule has 0 aliphatic heterocycles. The molecule has 6 nitrogen and oxygen atoms in total. The Labute approximate surface area is 137 Å². The van der Waals surface area contributed by atoms with Crippen LogP contribution < -0.4 is 5.56 Å². The van der Waals surface area contributed by atoms with Gasteiger partial charge in [0.05, 0.1) is 5.56 Å². The number of ether oxygens (including phenoxy) is 1. The Balaban J connectivity index is 1.80. The molecule has 0 saturated carbocycles. The van der Waals surface area contributed by atoms with Gasteiger partial charge < -0.3 is 4.74 Å². The van der Waals surface area contributed by atoms with E-state index in [4.69, 9.17) is 4.74 Å². The van der Waals surface area contributed by atoms with Crippen molar-refractivity contribution >= 4 is 38.2 Å². The van der Waals surface area contributed by atoms with Crippen LogP contribution in [0.4, 0.5) is 0 Å². The molecule has 22 heavy (non-hydrogen) atoms. The van der Waals surface area contributed by atoms with Gasteiger partial charge in [-0.05, 0) is 35.0 Å². The van der Waals surface area contributed by atoms with E-state index in [0.29, 0.717) is 25.7 Å². The number of halogens is 1. The molecular weight excluding hydrogens is 370 g/mol. The molecule has 0 N–H and O–H groups in total. The second-order valence-corrected chi connectivity index (χ2v) is 6.38. The Morgan fingerprint density at radius 2 is 2.18 bits per heavy atom. The van der Waals surface area contributed by atoms with Crippen molar-refractivity contribution in [3.63, 3.8) is 0 Å². The Morgan fingerprint density at radius 1 is 1.41 bits per heavy atom. The van der Waals surface area contributed by atoms with Crippen LogP contribution in [0, 0.1) is 6.92 Å². The lowest BCUT2D eigenvalue weighted by Crippen LogP contribution is -2.14. The fourth-order valence-electron chi connectivity index (χ4n) is 1.85. The SMILES string of the molecule is Cc1cc(=O)n2nc(COC(=O)c3ccccc3Br)sc2n1. The van der Waals surface area contributed by atoms with Crippen molar-refractivity contribution in [3.8, 4) is 0 Å². The van der Waals surface area contributed by atoms with Gasteiger partial charge in [0.25, 0.3) is 5.56 Å². The summed E-state index contributed by atoms with van der Waals surface area (Å²) in [6.07, 6.45) is 0. The zero-order valence-corrected chi connectivity index (χ0v) is 13.8. The molecule has 0 saturated heterocycles. The highest BCUT2D eigenvalue weighted by molar-refractivity contribution is 9.10. The summed E-state index contributed by atoms with van der Waals surface area (Å²) in [5.41, 5.74) is 0.822. The molecule has 0 unspecified atom stereocenters. The summed E-state index contributed by atoms with van der Waals surface area (Å²) < 4.78 is 7.10. The molecule has 0 amide bonds. The second-order valence-electron chi connectivity index (χ2n) is 4.48. The van der Waals surface area contributed by atoms with Gasteiger partial charge in [-0.1, -0.05) is 23.5 Å². The lowest BCUT2D eigenvalue weighted by Gasteiger charge is -2.03. The van der Waals surface area contributed by atoms with Crippen molar-refractivity contribution in [2.24, 2.45) is 0 Å². The molecule has 2 aromatic heterocycles. The van der Waals surface area contributed by atoms with Crippen molar-refractivity contribution in [3.05, 3.63) is 61.4 Å². The Morgan fingerprint density at radius 3 is 2.95 bits per heavy atom. The number of aromatic nitrogens is 3. The van der Waals surface area contributed by atoms with Gasteiger partial charge in [-0.25, -0.2) is 9.78 Å². The van der Waals surface area contributed by atoms with Crippen LogP contribution in [-0.2, 0) is 11.3 Å². The normalized spacial score (nSPS) is 10.8. The highest BCUT2D eigenvalue weighted by atomic mass is 79.9. The minimum Gasteiger partial charge on any atom is -0.455 e. The first-order chi connectivity index (χ1) is 10.5. The van der Waals surface area contributed by atoms with E-state index in [0.717, 1.165) is 0 Å². The van der Waals surface area contributed by atoms with E-state index < -0.39 is 5.97 Å². The van der Waals surface area contributed by atoms with E-state index in [2.05, 4.69) is 26.0 Å². The van der Waals surface area contributed by atoms with Crippen LogP contribution in [-0.4, -0.2) is 20.6 Å². The molecule has 0 radical (unpaired) electrons. The molecule has 3 rings (SSSR count). The van der Waals surface area contributed by atoms with Crippen molar-refractivity contribution in [2.45, 2.75) is 13.5 Å². The van der Waals surface area contributed by atoms with Crippen LogP contribution in [0.3, 0.4) is 0 Å². The first-order valence-corrected chi connectivity index (χ1v) is 7.93. The maximum atomic E-state index is 12.0. The number of esters is 1. The molecule has 0 atom stereocenters. The zero-order chi connectivity index (χ0) is 15.7. The molecule has 0 bridgehead atoms. The van der Waals surface area contributed by atoms with Crippen LogP contribution >= 0.6 is 27.3 Å². The van der Waals surface area contributed by atoms with E-state index >= 15 is 0 Å². The largest absolute Gasteiger partial charge is 0.455 e. The Bertz CT molecular complexity index is 919. The molecule has 0 aliphatic rings. The monoisotopic (exact) mass is 379 g/mol.